The second-order valence-corrected chi connectivity index (χ2v) is 8.18. The van der Waals surface area contributed by atoms with Crippen molar-refractivity contribution in [2.75, 3.05) is 26.2 Å². The molecule has 0 saturated carbocycles. The fraction of sp³-hybridized carbons (Fsp3) is 0.588. The highest BCUT2D eigenvalue weighted by molar-refractivity contribution is 8.00. The molecular weight excluding hydrogens is 362 g/mol. The lowest BCUT2D eigenvalue weighted by molar-refractivity contribution is -0.384. The molecule has 1 atom stereocenters. The minimum atomic E-state index is -0.412. The molecule has 0 radical (unpaired) electrons. The summed E-state index contributed by atoms with van der Waals surface area (Å²) < 4.78 is 0. The van der Waals surface area contributed by atoms with E-state index in [2.05, 4.69) is 5.32 Å². The number of nitro groups is 1. The molecule has 1 aromatic rings. The molecule has 1 amide bonds. The summed E-state index contributed by atoms with van der Waals surface area (Å²) in [7, 11) is 0. The van der Waals surface area contributed by atoms with Crippen LogP contribution in [0, 0.1) is 15.5 Å². The van der Waals surface area contributed by atoms with Gasteiger partial charge in [0.05, 0.1) is 10.2 Å². The van der Waals surface area contributed by atoms with Gasteiger partial charge in [0.2, 0.25) is 5.91 Å². The molecule has 3 rings (SSSR count). The number of thioether (sulfide) groups is 1. The number of benzene rings is 1. The predicted octanol–water partition coefficient (Wildman–Crippen LogP) is 3.10. The van der Waals surface area contributed by atoms with Crippen molar-refractivity contribution in [3.05, 3.63) is 34.4 Å². The van der Waals surface area contributed by atoms with Crippen molar-refractivity contribution in [1.82, 2.24) is 10.2 Å². The molecule has 0 aromatic heterocycles. The SMILES string of the molecule is CC(Sc1ccc([N+](=O)[O-])cc1)C(=O)N1CCC2(CCNC2)CC1.Cl. The Balaban J connectivity index is 0.00000225. The van der Waals surface area contributed by atoms with Gasteiger partial charge in [-0.15, -0.1) is 24.2 Å². The number of amides is 1. The van der Waals surface area contributed by atoms with Crippen LogP contribution in [0.2, 0.25) is 0 Å². The van der Waals surface area contributed by atoms with Crippen LogP contribution in [0.4, 0.5) is 5.69 Å². The van der Waals surface area contributed by atoms with Crippen molar-refractivity contribution >= 4 is 35.8 Å². The van der Waals surface area contributed by atoms with Gasteiger partial charge in [-0.1, -0.05) is 0 Å². The molecule has 6 nitrogen and oxygen atoms in total. The quantitative estimate of drug-likeness (QED) is 0.489. The lowest BCUT2D eigenvalue weighted by atomic mass is 9.78. The zero-order valence-electron chi connectivity index (χ0n) is 14.3. The number of hydrogen-bond acceptors (Lipinski definition) is 5. The third-order valence-electron chi connectivity index (χ3n) is 5.18. The lowest BCUT2D eigenvalue weighted by Gasteiger charge is -2.39. The van der Waals surface area contributed by atoms with E-state index in [1.165, 1.54) is 30.3 Å². The maximum absolute atomic E-state index is 12.7. The molecule has 1 spiro atoms. The molecule has 2 aliphatic heterocycles. The Morgan fingerprint density at radius 3 is 2.44 bits per heavy atom. The van der Waals surface area contributed by atoms with Crippen LogP contribution in [-0.2, 0) is 4.79 Å². The van der Waals surface area contributed by atoms with Crippen molar-refractivity contribution in [2.24, 2.45) is 5.41 Å². The smallest absolute Gasteiger partial charge is 0.269 e. The van der Waals surface area contributed by atoms with E-state index in [9.17, 15) is 14.9 Å². The number of non-ortho nitro benzene ring substituents is 1. The molecule has 1 N–H and O–H groups in total. The zero-order chi connectivity index (χ0) is 17.2. The van der Waals surface area contributed by atoms with Crippen LogP contribution in [-0.4, -0.2) is 47.2 Å². The third-order valence-corrected chi connectivity index (χ3v) is 6.28. The summed E-state index contributed by atoms with van der Waals surface area (Å²) in [4.78, 5) is 25.8. The molecule has 1 aromatic carbocycles. The number of halogens is 1. The average molecular weight is 386 g/mol. The first-order chi connectivity index (χ1) is 11.5. The fourth-order valence-electron chi connectivity index (χ4n) is 3.58. The molecule has 1 unspecified atom stereocenters. The van der Waals surface area contributed by atoms with Crippen LogP contribution in [0.15, 0.2) is 29.2 Å². The fourth-order valence-corrected chi connectivity index (χ4v) is 4.53. The number of hydrogen-bond donors (Lipinski definition) is 1. The van der Waals surface area contributed by atoms with Crippen LogP contribution in [0.3, 0.4) is 0 Å². The van der Waals surface area contributed by atoms with Crippen molar-refractivity contribution in [3.63, 3.8) is 0 Å². The summed E-state index contributed by atoms with van der Waals surface area (Å²) in [5.74, 6) is 0.166. The zero-order valence-corrected chi connectivity index (χ0v) is 15.9. The third kappa shape index (κ3) is 4.65. The number of carbonyl (C=O) groups excluding carboxylic acids is 1. The largest absolute Gasteiger partial charge is 0.342 e. The van der Waals surface area contributed by atoms with E-state index in [0.29, 0.717) is 5.41 Å². The first-order valence-electron chi connectivity index (χ1n) is 8.40. The summed E-state index contributed by atoms with van der Waals surface area (Å²) in [5.41, 5.74) is 0.482. The number of likely N-dealkylation sites (tertiary alicyclic amines) is 1. The molecule has 25 heavy (non-hydrogen) atoms. The van der Waals surface area contributed by atoms with Crippen molar-refractivity contribution in [3.8, 4) is 0 Å². The van der Waals surface area contributed by atoms with E-state index in [1.807, 2.05) is 11.8 Å². The van der Waals surface area contributed by atoms with Gasteiger partial charge < -0.3 is 10.2 Å². The molecule has 8 heteroatoms. The molecule has 2 heterocycles. The van der Waals surface area contributed by atoms with Gasteiger partial charge in [0.1, 0.15) is 0 Å². The van der Waals surface area contributed by atoms with Crippen LogP contribution in [0.5, 0.6) is 0 Å². The van der Waals surface area contributed by atoms with E-state index in [4.69, 9.17) is 0 Å². The molecule has 2 saturated heterocycles. The summed E-state index contributed by atoms with van der Waals surface area (Å²) in [6.45, 7) is 5.77. The Morgan fingerprint density at radius 1 is 1.28 bits per heavy atom. The Labute approximate surface area is 158 Å². The van der Waals surface area contributed by atoms with Crippen molar-refractivity contribution in [1.29, 1.82) is 0 Å². The van der Waals surface area contributed by atoms with Crippen LogP contribution < -0.4 is 5.32 Å². The Bertz CT molecular complexity index is 610. The predicted molar refractivity (Wildman–Crippen MR) is 101 cm³/mol. The lowest BCUT2D eigenvalue weighted by Crippen LogP contribution is -2.46. The number of piperidine rings is 1. The summed E-state index contributed by atoms with van der Waals surface area (Å²) >= 11 is 1.46. The van der Waals surface area contributed by atoms with Gasteiger partial charge in [-0.3, -0.25) is 14.9 Å². The van der Waals surface area contributed by atoms with Crippen LogP contribution in [0.25, 0.3) is 0 Å². The van der Waals surface area contributed by atoms with E-state index >= 15 is 0 Å². The Hall–Kier alpha value is -1.31. The van der Waals surface area contributed by atoms with Gasteiger partial charge in [-0.25, -0.2) is 0 Å². The van der Waals surface area contributed by atoms with Crippen molar-refractivity contribution in [2.45, 2.75) is 36.3 Å². The highest BCUT2D eigenvalue weighted by Gasteiger charge is 2.38. The molecule has 2 fully saturated rings. The summed E-state index contributed by atoms with van der Waals surface area (Å²) in [6.07, 6.45) is 3.39. The maximum Gasteiger partial charge on any atom is 0.269 e. The summed E-state index contributed by atoms with van der Waals surface area (Å²) in [6, 6.07) is 6.39. The monoisotopic (exact) mass is 385 g/mol. The van der Waals surface area contributed by atoms with E-state index in [0.717, 1.165) is 43.9 Å². The molecular formula is C17H24ClN3O3S. The Kier molecular flexibility index (Phi) is 6.71. The first-order valence-corrected chi connectivity index (χ1v) is 9.28. The summed E-state index contributed by atoms with van der Waals surface area (Å²) in [5, 5.41) is 13.9. The van der Waals surface area contributed by atoms with Crippen LogP contribution >= 0.6 is 24.2 Å². The average Bonchev–Trinajstić information content (AvgIpc) is 3.03. The van der Waals surface area contributed by atoms with E-state index < -0.39 is 4.92 Å². The van der Waals surface area contributed by atoms with Gasteiger partial charge in [0.25, 0.3) is 5.69 Å². The van der Waals surface area contributed by atoms with Gasteiger partial charge >= 0.3 is 0 Å². The number of nitro benzene ring substituents is 1. The van der Waals surface area contributed by atoms with Gasteiger partial charge in [0.15, 0.2) is 0 Å². The highest BCUT2D eigenvalue weighted by atomic mass is 35.5. The first kappa shape index (κ1) is 20.0. The molecule has 2 aliphatic rings. The number of nitrogens with one attached hydrogen (secondary N) is 1. The topological polar surface area (TPSA) is 75.5 Å². The number of rotatable bonds is 4. The second-order valence-electron chi connectivity index (χ2n) is 6.76. The molecule has 0 bridgehead atoms. The minimum absolute atomic E-state index is 0. The van der Waals surface area contributed by atoms with Crippen molar-refractivity contribution < 1.29 is 9.72 Å². The van der Waals surface area contributed by atoms with Crippen LogP contribution in [0.1, 0.15) is 26.2 Å². The maximum atomic E-state index is 12.7. The normalized spacial score (nSPS) is 20.1. The Morgan fingerprint density at radius 2 is 1.92 bits per heavy atom. The minimum Gasteiger partial charge on any atom is -0.342 e. The number of carbonyl (C=O) groups is 1. The van der Waals surface area contributed by atoms with Gasteiger partial charge in [0, 0.05) is 36.7 Å². The molecule has 0 aliphatic carbocycles. The van der Waals surface area contributed by atoms with Gasteiger partial charge in [-0.05, 0) is 50.3 Å². The highest BCUT2D eigenvalue weighted by Crippen LogP contribution is 2.37. The standard InChI is InChI=1S/C17H23N3O3S.ClH/c1-13(24-15-4-2-14(3-5-15)20(22)23)16(21)19-10-7-17(8-11-19)6-9-18-12-17;/h2-5,13,18H,6-12H2,1H3;1H. The van der Waals surface area contributed by atoms with E-state index in [1.54, 1.807) is 12.1 Å². The molecule has 138 valence electrons. The number of nitrogens with zero attached hydrogens (tertiary/aromatic N) is 2. The van der Waals surface area contributed by atoms with E-state index in [-0.39, 0.29) is 29.3 Å². The van der Waals surface area contributed by atoms with Gasteiger partial charge in [-0.2, -0.15) is 0 Å². The second kappa shape index (κ2) is 8.38.